The van der Waals surface area contributed by atoms with Gasteiger partial charge in [-0.2, -0.15) is 5.10 Å². The standard InChI is InChI=1S/C10H14N4O/c1-2-4-11-9-10(15)12-6-8-14-7-3-5-13-14/h1,3,5,7,11H,4,6,8-9H2,(H,12,15). The quantitative estimate of drug-likeness (QED) is 0.474. The molecule has 0 unspecified atom stereocenters. The summed E-state index contributed by atoms with van der Waals surface area (Å²) in [5.74, 6) is 2.34. The predicted octanol–water partition coefficient (Wildman–Crippen LogP) is -0.778. The molecule has 0 fully saturated rings. The Morgan fingerprint density at radius 3 is 3.13 bits per heavy atom. The lowest BCUT2D eigenvalue weighted by atomic mass is 10.5. The van der Waals surface area contributed by atoms with Crippen LogP contribution in [0, 0.1) is 12.3 Å². The first-order chi connectivity index (χ1) is 7.33. The van der Waals surface area contributed by atoms with Crippen molar-refractivity contribution in [2.75, 3.05) is 19.6 Å². The van der Waals surface area contributed by atoms with Gasteiger partial charge in [-0.15, -0.1) is 6.42 Å². The number of carbonyl (C=O) groups is 1. The lowest BCUT2D eigenvalue weighted by Crippen LogP contribution is -2.35. The maximum atomic E-state index is 11.2. The number of nitrogens with zero attached hydrogens (tertiary/aromatic N) is 2. The van der Waals surface area contributed by atoms with Crippen LogP contribution in [0.1, 0.15) is 0 Å². The van der Waals surface area contributed by atoms with Crippen molar-refractivity contribution in [2.45, 2.75) is 6.54 Å². The fourth-order valence-electron chi connectivity index (χ4n) is 1.05. The molecule has 0 radical (unpaired) electrons. The van der Waals surface area contributed by atoms with Crippen molar-refractivity contribution in [1.82, 2.24) is 20.4 Å². The van der Waals surface area contributed by atoms with E-state index in [4.69, 9.17) is 6.42 Å². The second kappa shape index (κ2) is 6.62. The normalized spacial score (nSPS) is 9.53. The zero-order valence-corrected chi connectivity index (χ0v) is 8.44. The zero-order chi connectivity index (χ0) is 10.9. The molecule has 0 aliphatic heterocycles. The second-order valence-electron chi connectivity index (χ2n) is 2.93. The molecular formula is C10H14N4O. The van der Waals surface area contributed by atoms with Crippen molar-refractivity contribution in [3.63, 3.8) is 0 Å². The number of rotatable bonds is 6. The van der Waals surface area contributed by atoms with Gasteiger partial charge in [0.05, 0.1) is 19.6 Å². The van der Waals surface area contributed by atoms with E-state index in [-0.39, 0.29) is 12.5 Å². The lowest BCUT2D eigenvalue weighted by Gasteiger charge is -2.05. The highest BCUT2D eigenvalue weighted by molar-refractivity contribution is 5.77. The maximum absolute atomic E-state index is 11.2. The van der Waals surface area contributed by atoms with E-state index in [1.54, 1.807) is 10.9 Å². The number of hydrogen-bond acceptors (Lipinski definition) is 3. The van der Waals surface area contributed by atoms with E-state index in [2.05, 4.69) is 21.7 Å². The average Bonchev–Trinajstić information content (AvgIpc) is 2.71. The molecule has 0 aromatic carbocycles. The van der Waals surface area contributed by atoms with Crippen molar-refractivity contribution >= 4 is 5.91 Å². The Bertz CT molecular complexity index is 326. The third-order valence-corrected chi connectivity index (χ3v) is 1.73. The Morgan fingerprint density at radius 1 is 1.60 bits per heavy atom. The molecular weight excluding hydrogens is 192 g/mol. The van der Waals surface area contributed by atoms with E-state index >= 15 is 0 Å². The number of terminal acetylenes is 1. The molecule has 0 aliphatic carbocycles. The molecule has 15 heavy (non-hydrogen) atoms. The van der Waals surface area contributed by atoms with E-state index in [9.17, 15) is 4.79 Å². The van der Waals surface area contributed by atoms with E-state index in [0.29, 0.717) is 19.6 Å². The molecule has 1 heterocycles. The molecule has 0 atom stereocenters. The highest BCUT2D eigenvalue weighted by atomic mass is 16.1. The second-order valence-corrected chi connectivity index (χ2v) is 2.93. The monoisotopic (exact) mass is 206 g/mol. The first kappa shape index (κ1) is 11.3. The van der Waals surface area contributed by atoms with Crippen LogP contribution in [-0.4, -0.2) is 35.3 Å². The average molecular weight is 206 g/mol. The number of amides is 1. The van der Waals surface area contributed by atoms with Crippen LogP contribution in [0.15, 0.2) is 18.5 Å². The Balaban J connectivity index is 2.05. The van der Waals surface area contributed by atoms with Crippen LogP contribution in [0.2, 0.25) is 0 Å². The molecule has 5 nitrogen and oxygen atoms in total. The van der Waals surface area contributed by atoms with Gasteiger partial charge in [0.15, 0.2) is 0 Å². The summed E-state index contributed by atoms with van der Waals surface area (Å²) in [5, 5.41) is 9.57. The first-order valence-electron chi connectivity index (χ1n) is 4.71. The molecule has 0 saturated heterocycles. The minimum absolute atomic E-state index is 0.0580. The molecule has 0 spiro atoms. The minimum atomic E-state index is -0.0580. The minimum Gasteiger partial charge on any atom is -0.353 e. The molecule has 2 N–H and O–H groups in total. The van der Waals surface area contributed by atoms with Gasteiger partial charge in [-0.1, -0.05) is 5.92 Å². The van der Waals surface area contributed by atoms with Crippen LogP contribution >= 0.6 is 0 Å². The van der Waals surface area contributed by atoms with Crippen molar-refractivity contribution < 1.29 is 4.79 Å². The number of nitrogens with one attached hydrogen (secondary N) is 2. The Hall–Kier alpha value is -1.80. The maximum Gasteiger partial charge on any atom is 0.234 e. The molecule has 0 bridgehead atoms. The topological polar surface area (TPSA) is 59.0 Å². The van der Waals surface area contributed by atoms with Crippen molar-refractivity contribution in [3.8, 4) is 12.3 Å². The van der Waals surface area contributed by atoms with E-state index in [1.807, 2.05) is 12.3 Å². The molecule has 0 aliphatic rings. The largest absolute Gasteiger partial charge is 0.353 e. The number of aromatic nitrogens is 2. The third kappa shape index (κ3) is 4.84. The number of carbonyl (C=O) groups excluding carboxylic acids is 1. The van der Waals surface area contributed by atoms with Crippen LogP contribution in [0.25, 0.3) is 0 Å². The molecule has 0 saturated carbocycles. The van der Waals surface area contributed by atoms with Gasteiger partial charge in [0.1, 0.15) is 0 Å². The van der Waals surface area contributed by atoms with Gasteiger partial charge in [-0.05, 0) is 6.07 Å². The Morgan fingerprint density at radius 2 is 2.47 bits per heavy atom. The zero-order valence-electron chi connectivity index (χ0n) is 8.44. The van der Waals surface area contributed by atoms with E-state index in [0.717, 1.165) is 0 Å². The Labute approximate surface area is 88.9 Å². The fourth-order valence-corrected chi connectivity index (χ4v) is 1.05. The molecule has 80 valence electrons. The smallest absolute Gasteiger partial charge is 0.234 e. The van der Waals surface area contributed by atoms with Crippen LogP contribution in [-0.2, 0) is 11.3 Å². The van der Waals surface area contributed by atoms with Crippen molar-refractivity contribution in [1.29, 1.82) is 0 Å². The van der Waals surface area contributed by atoms with Gasteiger partial charge >= 0.3 is 0 Å². The molecule has 5 heteroatoms. The molecule has 1 aromatic rings. The predicted molar refractivity (Wildman–Crippen MR) is 56.9 cm³/mol. The van der Waals surface area contributed by atoms with Crippen LogP contribution < -0.4 is 10.6 Å². The summed E-state index contributed by atoms with van der Waals surface area (Å²) in [5.41, 5.74) is 0. The summed E-state index contributed by atoms with van der Waals surface area (Å²) in [6.45, 7) is 1.90. The van der Waals surface area contributed by atoms with E-state index in [1.165, 1.54) is 0 Å². The Kier molecular flexibility index (Phi) is 4.98. The van der Waals surface area contributed by atoms with Gasteiger partial charge in [-0.25, -0.2) is 0 Å². The highest BCUT2D eigenvalue weighted by Crippen LogP contribution is 1.82. The van der Waals surface area contributed by atoms with Crippen LogP contribution in [0.4, 0.5) is 0 Å². The summed E-state index contributed by atoms with van der Waals surface area (Å²) in [4.78, 5) is 11.2. The lowest BCUT2D eigenvalue weighted by molar-refractivity contribution is -0.120. The summed E-state index contributed by atoms with van der Waals surface area (Å²) in [6.07, 6.45) is 8.58. The van der Waals surface area contributed by atoms with Crippen LogP contribution in [0.3, 0.4) is 0 Å². The van der Waals surface area contributed by atoms with Crippen molar-refractivity contribution in [2.24, 2.45) is 0 Å². The fraction of sp³-hybridized carbons (Fsp3) is 0.400. The summed E-state index contributed by atoms with van der Waals surface area (Å²) in [6, 6.07) is 1.84. The van der Waals surface area contributed by atoms with Gasteiger partial charge in [0.2, 0.25) is 5.91 Å². The van der Waals surface area contributed by atoms with Gasteiger partial charge in [-0.3, -0.25) is 14.8 Å². The number of hydrogen-bond donors (Lipinski definition) is 2. The summed E-state index contributed by atoms with van der Waals surface area (Å²) in [7, 11) is 0. The molecule has 1 amide bonds. The summed E-state index contributed by atoms with van der Waals surface area (Å²) >= 11 is 0. The van der Waals surface area contributed by atoms with E-state index < -0.39 is 0 Å². The third-order valence-electron chi connectivity index (χ3n) is 1.73. The van der Waals surface area contributed by atoms with Crippen molar-refractivity contribution in [3.05, 3.63) is 18.5 Å². The highest BCUT2D eigenvalue weighted by Gasteiger charge is 1.98. The SMILES string of the molecule is C#CCNCC(=O)NCCn1cccn1. The molecule has 1 rings (SSSR count). The van der Waals surface area contributed by atoms with Gasteiger partial charge in [0, 0.05) is 18.9 Å². The first-order valence-corrected chi connectivity index (χ1v) is 4.71. The van der Waals surface area contributed by atoms with Gasteiger partial charge in [0.25, 0.3) is 0 Å². The molecule has 1 aromatic heterocycles. The summed E-state index contributed by atoms with van der Waals surface area (Å²) < 4.78 is 1.76. The van der Waals surface area contributed by atoms with Crippen LogP contribution in [0.5, 0.6) is 0 Å². The van der Waals surface area contributed by atoms with Gasteiger partial charge < -0.3 is 5.32 Å².